The Morgan fingerprint density at radius 2 is 1.10 bits per heavy atom. The van der Waals surface area contributed by atoms with Crippen LogP contribution in [0.25, 0.3) is 11.1 Å². The van der Waals surface area contributed by atoms with Crippen molar-refractivity contribution in [3.8, 4) is 22.6 Å². The molecule has 0 atom stereocenters. The molecular weight excluding hydrogens is 441 g/mol. The SMILES string of the molecule is Fc1cc(-c2ccc(Cl)cc2)cc(F)c1C(F)(F)Oc1ccc(OC(F)(F)F)cc1. The van der Waals surface area contributed by atoms with E-state index in [1.165, 1.54) is 24.3 Å². The van der Waals surface area contributed by atoms with E-state index in [0.717, 1.165) is 24.3 Å². The van der Waals surface area contributed by atoms with E-state index in [0.29, 0.717) is 22.7 Å². The van der Waals surface area contributed by atoms with Crippen LogP contribution in [0.4, 0.5) is 30.7 Å². The molecule has 2 nitrogen and oxygen atoms in total. The summed E-state index contributed by atoms with van der Waals surface area (Å²) >= 11 is 5.74. The van der Waals surface area contributed by atoms with E-state index in [4.69, 9.17) is 11.6 Å². The highest BCUT2D eigenvalue weighted by Gasteiger charge is 2.41. The molecule has 0 N–H and O–H groups in total. The second kappa shape index (κ2) is 8.06. The summed E-state index contributed by atoms with van der Waals surface area (Å²) in [4.78, 5) is 0. The molecule has 0 aliphatic heterocycles. The maximum absolute atomic E-state index is 14.4. The van der Waals surface area contributed by atoms with Crippen LogP contribution in [0, 0.1) is 11.6 Å². The molecule has 0 spiro atoms. The number of halogens is 8. The van der Waals surface area contributed by atoms with E-state index in [2.05, 4.69) is 9.47 Å². The van der Waals surface area contributed by atoms with E-state index in [9.17, 15) is 30.7 Å². The zero-order valence-electron chi connectivity index (χ0n) is 14.6. The molecule has 0 saturated carbocycles. The maximum Gasteiger partial charge on any atom is 0.573 e. The number of rotatable bonds is 5. The van der Waals surface area contributed by atoms with Crippen LogP contribution in [0.3, 0.4) is 0 Å². The molecule has 3 aromatic carbocycles. The lowest BCUT2D eigenvalue weighted by molar-refractivity contribution is -0.274. The molecule has 3 rings (SSSR count). The van der Waals surface area contributed by atoms with Crippen molar-refractivity contribution in [3.05, 3.63) is 82.9 Å². The van der Waals surface area contributed by atoms with Gasteiger partial charge in [0, 0.05) is 5.02 Å². The summed E-state index contributed by atoms with van der Waals surface area (Å²) in [6, 6.07) is 10.2. The summed E-state index contributed by atoms with van der Waals surface area (Å²) in [6.07, 6.45) is -9.41. The van der Waals surface area contributed by atoms with Crippen molar-refractivity contribution in [3.63, 3.8) is 0 Å². The Hall–Kier alpha value is -2.94. The van der Waals surface area contributed by atoms with Crippen LogP contribution in [0.1, 0.15) is 5.56 Å². The number of hydrogen-bond donors (Lipinski definition) is 0. The van der Waals surface area contributed by atoms with Gasteiger partial charge in [0.05, 0.1) is 0 Å². The predicted octanol–water partition coefficient (Wildman–Crippen LogP) is 7.31. The van der Waals surface area contributed by atoms with Crippen molar-refractivity contribution in [1.82, 2.24) is 0 Å². The molecular formula is C20H10ClF7O2. The highest BCUT2D eigenvalue weighted by molar-refractivity contribution is 6.30. The third-order valence-electron chi connectivity index (χ3n) is 3.81. The van der Waals surface area contributed by atoms with Crippen LogP contribution < -0.4 is 9.47 Å². The second-order valence-corrected chi connectivity index (χ2v) is 6.40. The molecule has 0 saturated heterocycles. The lowest BCUT2D eigenvalue weighted by atomic mass is 10.0. The van der Waals surface area contributed by atoms with Crippen LogP contribution in [0.5, 0.6) is 11.5 Å². The molecule has 0 bridgehead atoms. The Labute approximate surface area is 170 Å². The van der Waals surface area contributed by atoms with Gasteiger partial charge in [0.25, 0.3) is 0 Å². The van der Waals surface area contributed by atoms with Crippen molar-refractivity contribution in [2.75, 3.05) is 0 Å². The first-order valence-corrected chi connectivity index (χ1v) is 8.50. The van der Waals surface area contributed by atoms with E-state index in [1.54, 1.807) is 0 Å². The molecule has 3 aromatic rings. The van der Waals surface area contributed by atoms with Gasteiger partial charge in [-0.05, 0) is 59.7 Å². The Morgan fingerprint density at radius 1 is 0.633 bits per heavy atom. The van der Waals surface area contributed by atoms with Gasteiger partial charge in [-0.25, -0.2) is 8.78 Å². The van der Waals surface area contributed by atoms with Gasteiger partial charge in [-0.2, -0.15) is 8.78 Å². The molecule has 0 radical (unpaired) electrons. The van der Waals surface area contributed by atoms with Gasteiger partial charge in [-0.15, -0.1) is 13.2 Å². The minimum atomic E-state index is -4.97. The monoisotopic (exact) mass is 450 g/mol. The third-order valence-corrected chi connectivity index (χ3v) is 4.07. The normalized spacial score (nSPS) is 12.0. The number of hydrogen-bond acceptors (Lipinski definition) is 2. The summed E-state index contributed by atoms with van der Waals surface area (Å²) in [7, 11) is 0. The summed E-state index contributed by atoms with van der Waals surface area (Å²) in [5.74, 6) is -4.44. The van der Waals surface area contributed by atoms with Gasteiger partial charge < -0.3 is 9.47 Å². The molecule has 0 aromatic heterocycles. The zero-order valence-corrected chi connectivity index (χ0v) is 15.4. The first-order chi connectivity index (χ1) is 13.9. The summed E-state index contributed by atoms with van der Waals surface area (Å²) in [6.45, 7) is 0. The van der Waals surface area contributed by atoms with Crippen molar-refractivity contribution >= 4 is 11.6 Å². The molecule has 0 heterocycles. The average molecular weight is 451 g/mol. The van der Waals surface area contributed by atoms with Gasteiger partial charge in [0.1, 0.15) is 28.7 Å². The molecule has 0 fully saturated rings. The smallest absolute Gasteiger partial charge is 0.429 e. The minimum Gasteiger partial charge on any atom is -0.429 e. The molecule has 158 valence electrons. The van der Waals surface area contributed by atoms with Crippen molar-refractivity contribution in [1.29, 1.82) is 0 Å². The lowest BCUT2D eigenvalue weighted by Gasteiger charge is -2.20. The van der Waals surface area contributed by atoms with Gasteiger partial charge >= 0.3 is 12.5 Å². The number of ether oxygens (including phenoxy) is 2. The van der Waals surface area contributed by atoms with Gasteiger partial charge in [-0.3, -0.25) is 0 Å². The van der Waals surface area contributed by atoms with Crippen LogP contribution in [-0.2, 0) is 6.11 Å². The quantitative estimate of drug-likeness (QED) is 0.379. The summed E-state index contributed by atoms with van der Waals surface area (Å²) in [5.41, 5.74) is -1.31. The van der Waals surface area contributed by atoms with Gasteiger partial charge in [-0.1, -0.05) is 23.7 Å². The van der Waals surface area contributed by atoms with Crippen LogP contribution in [0.15, 0.2) is 60.7 Å². The fraction of sp³-hybridized carbons (Fsp3) is 0.100. The molecule has 10 heteroatoms. The Bertz CT molecular complexity index is 1010. The first kappa shape index (κ1) is 21.8. The maximum atomic E-state index is 14.4. The van der Waals surface area contributed by atoms with Gasteiger partial charge in [0.2, 0.25) is 0 Å². The molecule has 0 unspecified atom stereocenters. The fourth-order valence-electron chi connectivity index (χ4n) is 2.57. The Balaban J connectivity index is 1.86. The lowest BCUT2D eigenvalue weighted by Crippen LogP contribution is -2.25. The zero-order chi connectivity index (χ0) is 22.1. The molecule has 0 aliphatic rings. The molecule has 30 heavy (non-hydrogen) atoms. The van der Waals surface area contributed by atoms with Crippen LogP contribution in [-0.4, -0.2) is 6.36 Å². The standard InChI is InChI=1S/C20H10ClF7O2/c21-13-3-1-11(2-4-13)12-9-16(22)18(17(23)10-12)19(24,25)29-14-5-7-15(8-6-14)30-20(26,27)28/h1-10H. The van der Waals surface area contributed by atoms with E-state index < -0.39 is 41.2 Å². The van der Waals surface area contributed by atoms with Crippen molar-refractivity contribution in [2.45, 2.75) is 12.5 Å². The fourth-order valence-corrected chi connectivity index (χ4v) is 2.69. The first-order valence-electron chi connectivity index (χ1n) is 8.13. The highest BCUT2D eigenvalue weighted by atomic mass is 35.5. The number of alkyl halides is 5. The number of benzene rings is 3. The highest BCUT2D eigenvalue weighted by Crippen LogP contribution is 2.37. The van der Waals surface area contributed by atoms with Crippen LogP contribution >= 0.6 is 11.6 Å². The predicted molar refractivity (Wildman–Crippen MR) is 94.5 cm³/mol. The third kappa shape index (κ3) is 5.15. The topological polar surface area (TPSA) is 18.5 Å². The summed E-state index contributed by atoms with van der Waals surface area (Å²) < 4.78 is 102. The molecule has 0 amide bonds. The Morgan fingerprint density at radius 3 is 1.57 bits per heavy atom. The second-order valence-electron chi connectivity index (χ2n) is 5.96. The van der Waals surface area contributed by atoms with Crippen molar-refractivity contribution in [2.24, 2.45) is 0 Å². The van der Waals surface area contributed by atoms with Crippen LogP contribution in [0.2, 0.25) is 5.02 Å². The van der Waals surface area contributed by atoms with E-state index >= 15 is 0 Å². The largest absolute Gasteiger partial charge is 0.573 e. The van der Waals surface area contributed by atoms with Crippen molar-refractivity contribution < 1.29 is 40.2 Å². The van der Waals surface area contributed by atoms with Gasteiger partial charge in [0.15, 0.2) is 0 Å². The Kier molecular flexibility index (Phi) is 5.85. The minimum absolute atomic E-state index is 0.00475. The van der Waals surface area contributed by atoms with E-state index in [1.807, 2.05) is 0 Å². The summed E-state index contributed by atoms with van der Waals surface area (Å²) in [5, 5.41) is 0.378. The molecule has 0 aliphatic carbocycles. The average Bonchev–Trinajstić information content (AvgIpc) is 2.61. The van der Waals surface area contributed by atoms with E-state index in [-0.39, 0.29) is 5.56 Å².